The van der Waals surface area contributed by atoms with Crippen molar-refractivity contribution in [1.82, 2.24) is 4.57 Å². The van der Waals surface area contributed by atoms with Crippen molar-refractivity contribution < 1.29 is 22.4 Å². The highest BCUT2D eigenvalue weighted by Gasteiger charge is 2.32. The predicted octanol–water partition coefficient (Wildman–Crippen LogP) is 4.57. The van der Waals surface area contributed by atoms with E-state index in [0.29, 0.717) is 15.9 Å². The molecule has 1 heterocycles. The fraction of sp³-hybridized carbons (Fsp3) is 0.0588. The number of fused-ring (bicyclic) bond motifs is 1. The first-order valence-corrected chi connectivity index (χ1v) is 7.79. The van der Waals surface area contributed by atoms with E-state index in [9.17, 15) is 27.2 Å². The summed E-state index contributed by atoms with van der Waals surface area (Å²) >= 11 is 0.683. The molecule has 3 aromatic rings. The summed E-state index contributed by atoms with van der Waals surface area (Å²) in [6.45, 7) is 0. The van der Waals surface area contributed by atoms with Crippen molar-refractivity contribution in [2.75, 3.05) is 0 Å². The van der Waals surface area contributed by atoms with Crippen molar-refractivity contribution in [3.8, 4) is 0 Å². The third-order valence-electron chi connectivity index (χ3n) is 3.45. The molecule has 0 bridgehead atoms. The highest BCUT2D eigenvalue weighted by atomic mass is 32.1. The Hall–Kier alpha value is -2.74. The van der Waals surface area contributed by atoms with Crippen LogP contribution in [0.5, 0.6) is 0 Å². The molecule has 0 aliphatic rings. The number of nitrogens with zero attached hydrogens (tertiary/aromatic N) is 1. The van der Waals surface area contributed by atoms with Gasteiger partial charge in [-0.05, 0) is 29.8 Å². The van der Waals surface area contributed by atoms with Gasteiger partial charge in [-0.3, -0.25) is 9.59 Å². The molecule has 128 valence electrons. The van der Waals surface area contributed by atoms with Gasteiger partial charge in [0.05, 0.1) is 10.3 Å². The van der Waals surface area contributed by atoms with E-state index < -0.39 is 28.3 Å². The molecule has 0 amide bonds. The molecule has 0 saturated heterocycles. The molecule has 0 aliphatic carbocycles. The molecule has 0 atom stereocenters. The quantitative estimate of drug-likeness (QED) is 0.491. The molecule has 0 aliphatic heterocycles. The Kier molecular flexibility index (Phi) is 4.30. The minimum Gasteiger partial charge on any atom is -0.269 e. The summed E-state index contributed by atoms with van der Waals surface area (Å²) in [6.07, 6.45) is -2.80. The molecule has 2 aromatic carbocycles. The lowest BCUT2D eigenvalue weighted by Crippen LogP contribution is -2.20. The molecule has 0 unspecified atom stereocenters. The van der Waals surface area contributed by atoms with E-state index in [4.69, 9.17) is 0 Å². The normalized spacial score (nSPS) is 12.2. The number of aromatic nitrogens is 1. The minimum absolute atomic E-state index is 0.184. The standard InChI is InChI=1S/C17H9F4NO2S/c18-12-6-3-7-13-15(12)22(16(24)25-13)14(23)9-8-10-4-1-2-5-11(10)17(19,20)21/h1-9H/b9-8+. The molecule has 0 radical (unpaired) electrons. The second-order valence-corrected chi connectivity index (χ2v) is 6.04. The van der Waals surface area contributed by atoms with Crippen LogP contribution in [0.3, 0.4) is 0 Å². The number of hydrogen-bond acceptors (Lipinski definition) is 3. The third-order valence-corrected chi connectivity index (χ3v) is 4.35. The Bertz CT molecular complexity index is 1050. The molecule has 0 spiro atoms. The Balaban J connectivity index is 2.04. The maximum Gasteiger partial charge on any atom is 0.416 e. The number of carbonyl (C=O) groups is 1. The van der Waals surface area contributed by atoms with Crippen LogP contribution in [0.2, 0.25) is 0 Å². The number of rotatable bonds is 2. The van der Waals surface area contributed by atoms with Crippen LogP contribution >= 0.6 is 11.3 Å². The van der Waals surface area contributed by atoms with E-state index in [-0.39, 0.29) is 15.8 Å². The summed E-state index contributed by atoms with van der Waals surface area (Å²) < 4.78 is 53.7. The first-order chi connectivity index (χ1) is 11.8. The van der Waals surface area contributed by atoms with Crippen LogP contribution in [0.4, 0.5) is 17.6 Å². The number of halogens is 4. The van der Waals surface area contributed by atoms with Crippen molar-refractivity contribution in [3.63, 3.8) is 0 Å². The van der Waals surface area contributed by atoms with Crippen molar-refractivity contribution in [2.24, 2.45) is 0 Å². The summed E-state index contributed by atoms with van der Waals surface area (Å²) in [5.74, 6) is -1.67. The maximum absolute atomic E-state index is 13.9. The zero-order valence-corrected chi connectivity index (χ0v) is 13.2. The Labute approximate surface area is 142 Å². The van der Waals surface area contributed by atoms with Crippen LogP contribution in [0.1, 0.15) is 15.9 Å². The van der Waals surface area contributed by atoms with Gasteiger partial charge in [0.2, 0.25) is 0 Å². The van der Waals surface area contributed by atoms with Gasteiger partial charge in [-0.25, -0.2) is 8.96 Å². The van der Waals surface area contributed by atoms with E-state index in [2.05, 4.69) is 0 Å². The van der Waals surface area contributed by atoms with Gasteiger partial charge < -0.3 is 0 Å². The number of hydrogen-bond donors (Lipinski definition) is 0. The predicted molar refractivity (Wildman–Crippen MR) is 87.1 cm³/mol. The van der Waals surface area contributed by atoms with Crippen LogP contribution in [0, 0.1) is 5.82 Å². The van der Waals surface area contributed by atoms with E-state index in [0.717, 1.165) is 24.3 Å². The average Bonchev–Trinajstić information content (AvgIpc) is 2.89. The summed E-state index contributed by atoms with van der Waals surface area (Å²) in [5, 5.41) is 0. The van der Waals surface area contributed by atoms with E-state index >= 15 is 0 Å². The van der Waals surface area contributed by atoms with Gasteiger partial charge in [-0.15, -0.1) is 0 Å². The van der Waals surface area contributed by atoms with Crippen LogP contribution in [-0.4, -0.2) is 10.5 Å². The van der Waals surface area contributed by atoms with Gasteiger partial charge >= 0.3 is 11.0 Å². The largest absolute Gasteiger partial charge is 0.416 e. The molecule has 3 rings (SSSR count). The molecule has 8 heteroatoms. The summed E-state index contributed by atoms with van der Waals surface area (Å²) in [7, 11) is 0. The lowest BCUT2D eigenvalue weighted by molar-refractivity contribution is -0.137. The van der Waals surface area contributed by atoms with Crippen molar-refractivity contribution in [3.05, 3.63) is 75.2 Å². The number of allylic oxidation sites excluding steroid dienone is 1. The highest BCUT2D eigenvalue weighted by Crippen LogP contribution is 2.32. The number of carbonyl (C=O) groups excluding carboxylic acids is 1. The fourth-order valence-corrected chi connectivity index (χ4v) is 3.25. The highest BCUT2D eigenvalue weighted by molar-refractivity contribution is 7.16. The van der Waals surface area contributed by atoms with Crippen LogP contribution in [-0.2, 0) is 6.18 Å². The first-order valence-electron chi connectivity index (χ1n) is 6.98. The van der Waals surface area contributed by atoms with Gasteiger partial charge in [0.15, 0.2) is 0 Å². The van der Waals surface area contributed by atoms with Crippen molar-refractivity contribution >= 4 is 33.5 Å². The Morgan fingerprint density at radius 1 is 1.08 bits per heavy atom. The van der Waals surface area contributed by atoms with Crippen LogP contribution in [0.25, 0.3) is 16.3 Å². The summed E-state index contributed by atoms with van der Waals surface area (Å²) in [4.78, 5) is 23.5. The van der Waals surface area contributed by atoms with Gasteiger partial charge in [0.25, 0.3) is 5.91 Å². The van der Waals surface area contributed by atoms with Gasteiger partial charge in [0, 0.05) is 6.08 Å². The number of para-hydroxylation sites is 1. The van der Waals surface area contributed by atoms with E-state index in [1.165, 1.54) is 30.3 Å². The molecule has 1 aromatic heterocycles. The zero-order valence-electron chi connectivity index (χ0n) is 12.4. The smallest absolute Gasteiger partial charge is 0.269 e. The molecular formula is C17H9F4NO2S. The number of alkyl halides is 3. The van der Waals surface area contributed by atoms with Gasteiger partial charge in [-0.2, -0.15) is 13.2 Å². The lowest BCUT2D eigenvalue weighted by Gasteiger charge is -2.09. The second-order valence-electron chi connectivity index (χ2n) is 5.05. The Morgan fingerprint density at radius 3 is 2.52 bits per heavy atom. The van der Waals surface area contributed by atoms with Crippen LogP contribution in [0.15, 0.2) is 53.3 Å². The average molecular weight is 367 g/mol. The first kappa shape index (κ1) is 17.1. The summed E-state index contributed by atoms with van der Waals surface area (Å²) in [6, 6.07) is 8.69. The molecule has 25 heavy (non-hydrogen) atoms. The third kappa shape index (κ3) is 3.25. The molecular weight excluding hydrogens is 358 g/mol. The topological polar surface area (TPSA) is 39.1 Å². The van der Waals surface area contributed by atoms with Crippen LogP contribution < -0.4 is 4.87 Å². The van der Waals surface area contributed by atoms with Gasteiger partial charge in [0.1, 0.15) is 11.3 Å². The lowest BCUT2D eigenvalue weighted by atomic mass is 10.1. The number of benzene rings is 2. The van der Waals surface area contributed by atoms with Crippen molar-refractivity contribution in [2.45, 2.75) is 6.18 Å². The van der Waals surface area contributed by atoms with Gasteiger partial charge in [-0.1, -0.05) is 35.6 Å². The maximum atomic E-state index is 13.9. The minimum atomic E-state index is -4.58. The molecule has 0 saturated carbocycles. The van der Waals surface area contributed by atoms with E-state index in [1.54, 1.807) is 0 Å². The fourth-order valence-electron chi connectivity index (χ4n) is 2.36. The second kappa shape index (κ2) is 6.29. The van der Waals surface area contributed by atoms with Crippen molar-refractivity contribution in [1.29, 1.82) is 0 Å². The molecule has 0 N–H and O–H groups in total. The molecule has 0 fully saturated rings. The SMILES string of the molecule is O=C(/C=C/c1ccccc1C(F)(F)F)n1c(=O)sc2cccc(F)c21. The summed E-state index contributed by atoms with van der Waals surface area (Å²) in [5.41, 5.74) is -1.32. The molecule has 3 nitrogen and oxygen atoms in total. The number of thiazole rings is 1. The zero-order chi connectivity index (χ0) is 18.2. The Morgan fingerprint density at radius 2 is 1.80 bits per heavy atom. The monoisotopic (exact) mass is 367 g/mol. The van der Waals surface area contributed by atoms with E-state index in [1.807, 2.05) is 0 Å².